The third kappa shape index (κ3) is 4.99. The molecule has 0 aliphatic carbocycles. The maximum atomic E-state index is 12.0. The highest BCUT2D eigenvalue weighted by molar-refractivity contribution is 5.97. The molecule has 3 aromatic rings. The Labute approximate surface area is 186 Å². The number of aromatic nitrogens is 6. The van der Waals surface area contributed by atoms with E-state index in [4.69, 9.17) is 5.73 Å². The summed E-state index contributed by atoms with van der Waals surface area (Å²) in [7, 11) is 0. The van der Waals surface area contributed by atoms with E-state index in [0.717, 1.165) is 24.2 Å². The highest BCUT2D eigenvalue weighted by atomic mass is 16.1. The molecule has 4 rings (SSSR count). The lowest BCUT2D eigenvalue weighted by molar-refractivity contribution is 0.100. The molecule has 1 aliphatic rings. The van der Waals surface area contributed by atoms with Crippen LogP contribution in [0, 0.1) is 0 Å². The van der Waals surface area contributed by atoms with Crippen molar-refractivity contribution in [2.75, 3.05) is 10.6 Å². The summed E-state index contributed by atoms with van der Waals surface area (Å²) < 4.78 is 1.55. The standard InChI is InChI=1S/C21H28N10O/c1-20(2)9-14(10-21(3,4)28-20)25-18-16(17(22)32)11-23-19(27-18)26-13-6-5-7-15(8-13)31-12-24-29-30-31/h5-8,11-12,14,28H,9-10H2,1-4H3,(H2,22,32)(H2,23,25,26,27). The molecule has 11 nitrogen and oxygen atoms in total. The second kappa shape index (κ2) is 8.15. The van der Waals surface area contributed by atoms with Crippen molar-refractivity contribution >= 4 is 23.4 Å². The van der Waals surface area contributed by atoms with E-state index in [1.807, 2.05) is 24.3 Å². The van der Waals surface area contributed by atoms with Gasteiger partial charge in [0.05, 0.1) is 11.3 Å². The van der Waals surface area contributed by atoms with E-state index >= 15 is 0 Å². The Balaban J connectivity index is 1.59. The van der Waals surface area contributed by atoms with Crippen LogP contribution in [0.3, 0.4) is 0 Å². The van der Waals surface area contributed by atoms with Crippen LogP contribution in [0.5, 0.6) is 0 Å². The van der Waals surface area contributed by atoms with Crippen LogP contribution in [-0.4, -0.2) is 53.2 Å². The van der Waals surface area contributed by atoms with Crippen LogP contribution in [-0.2, 0) is 0 Å². The van der Waals surface area contributed by atoms with E-state index in [1.165, 1.54) is 12.5 Å². The maximum Gasteiger partial charge on any atom is 0.254 e. The number of primary amides is 1. The van der Waals surface area contributed by atoms with Crippen LogP contribution in [0.4, 0.5) is 17.5 Å². The van der Waals surface area contributed by atoms with Gasteiger partial charge in [0, 0.05) is 29.0 Å². The number of carbonyl (C=O) groups excluding carboxylic acids is 1. The smallest absolute Gasteiger partial charge is 0.254 e. The number of nitrogens with zero attached hydrogens (tertiary/aromatic N) is 6. The van der Waals surface area contributed by atoms with Crippen LogP contribution < -0.4 is 21.7 Å². The summed E-state index contributed by atoms with van der Waals surface area (Å²) in [6, 6.07) is 7.61. The predicted octanol–water partition coefficient (Wildman–Crippen LogP) is 2.02. The van der Waals surface area contributed by atoms with Crippen molar-refractivity contribution in [3.63, 3.8) is 0 Å². The van der Waals surface area contributed by atoms with Crippen molar-refractivity contribution in [2.24, 2.45) is 5.73 Å². The minimum atomic E-state index is -0.577. The molecular formula is C21H28N10O. The van der Waals surface area contributed by atoms with Crippen molar-refractivity contribution in [2.45, 2.75) is 57.7 Å². The van der Waals surface area contributed by atoms with Crippen LogP contribution in [0.25, 0.3) is 5.69 Å². The fourth-order valence-corrected chi connectivity index (χ4v) is 4.48. The van der Waals surface area contributed by atoms with Gasteiger partial charge in [0.1, 0.15) is 12.1 Å². The summed E-state index contributed by atoms with van der Waals surface area (Å²) in [5.74, 6) is 0.191. The molecule has 11 heteroatoms. The molecule has 0 saturated carbocycles. The molecule has 1 aromatic carbocycles. The van der Waals surface area contributed by atoms with Crippen molar-refractivity contribution in [1.29, 1.82) is 0 Å². The fraction of sp³-hybridized carbons (Fsp3) is 0.429. The zero-order valence-electron chi connectivity index (χ0n) is 18.6. The largest absolute Gasteiger partial charge is 0.366 e. The number of benzene rings is 1. The van der Waals surface area contributed by atoms with Gasteiger partial charge in [0.15, 0.2) is 0 Å². The van der Waals surface area contributed by atoms with Gasteiger partial charge < -0.3 is 21.7 Å². The SMILES string of the molecule is CC1(C)CC(Nc2nc(Nc3cccc(-n4cnnn4)c3)ncc2C(N)=O)CC(C)(C)N1. The Morgan fingerprint density at radius 3 is 2.62 bits per heavy atom. The number of tetrazole rings is 1. The average Bonchev–Trinajstić information content (AvgIpc) is 3.20. The van der Waals surface area contributed by atoms with Crippen LogP contribution in [0.2, 0.25) is 0 Å². The molecule has 1 aliphatic heterocycles. The lowest BCUT2D eigenvalue weighted by Crippen LogP contribution is -2.60. The van der Waals surface area contributed by atoms with Gasteiger partial charge in [-0.15, -0.1) is 5.10 Å². The lowest BCUT2D eigenvalue weighted by Gasteiger charge is -2.46. The molecule has 0 spiro atoms. The zero-order valence-corrected chi connectivity index (χ0v) is 18.6. The van der Waals surface area contributed by atoms with Crippen molar-refractivity contribution in [3.8, 4) is 5.69 Å². The van der Waals surface area contributed by atoms with Crippen molar-refractivity contribution in [3.05, 3.63) is 42.4 Å². The number of piperidine rings is 1. The first-order valence-electron chi connectivity index (χ1n) is 10.4. The fourth-order valence-electron chi connectivity index (χ4n) is 4.48. The zero-order chi connectivity index (χ0) is 22.9. The maximum absolute atomic E-state index is 12.0. The van der Waals surface area contributed by atoms with E-state index in [9.17, 15) is 4.79 Å². The Hall–Kier alpha value is -3.60. The first-order valence-corrected chi connectivity index (χ1v) is 10.4. The van der Waals surface area contributed by atoms with Gasteiger partial charge in [-0.25, -0.2) is 9.67 Å². The minimum absolute atomic E-state index is 0.0585. The van der Waals surface area contributed by atoms with Crippen LogP contribution >= 0.6 is 0 Å². The summed E-state index contributed by atoms with van der Waals surface area (Å²) in [6.45, 7) is 8.68. The molecule has 1 saturated heterocycles. The van der Waals surface area contributed by atoms with Gasteiger partial charge in [-0.2, -0.15) is 4.98 Å². The minimum Gasteiger partial charge on any atom is -0.366 e. The Morgan fingerprint density at radius 1 is 1.22 bits per heavy atom. The highest BCUT2D eigenvalue weighted by Crippen LogP contribution is 2.31. The third-order valence-electron chi connectivity index (χ3n) is 5.30. The average molecular weight is 437 g/mol. The second-order valence-corrected chi connectivity index (χ2v) is 9.39. The Bertz CT molecular complexity index is 1090. The monoisotopic (exact) mass is 436 g/mol. The first-order chi connectivity index (χ1) is 15.1. The van der Waals surface area contributed by atoms with Gasteiger partial charge in [-0.05, 0) is 69.2 Å². The van der Waals surface area contributed by atoms with Crippen LogP contribution in [0.1, 0.15) is 50.9 Å². The van der Waals surface area contributed by atoms with Gasteiger partial charge >= 0.3 is 0 Å². The molecule has 168 valence electrons. The van der Waals surface area contributed by atoms with Crippen molar-refractivity contribution in [1.82, 2.24) is 35.5 Å². The molecule has 1 fully saturated rings. The number of amides is 1. The van der Waals surface area contributed by atoms with E-state index in [1.54, 1.807) is 4.68 Å². The van der Waals surface area contributed by atoms with E-state index in [0.29, 0.717) is 11.8 Å². The molecular weight excluding hydrogens is 408 g/mol. The number of hydrogen-bond acceptors (Lipinski definition) is 9. The Morgan fingerprint density at radius 2 is 1.97 bits per heavy atom. The summed E-state index contributed by atoms with van der Waals surface area (Å²) >= 11 is 0. The first kappa shape index (κ1) is 21.6. The lowest BCUT2D eigenvalue weighted by atomic mass is 9.79. The number of carbonyl (C=O) groups is 1. The van der Waals surface area contributed by atoms with Gasteiger partial charge in [0.2, 0.25) is 5.95 Å². The molecule has 0 atom stereocenters. The second-order valence-electron chi connectivity index (χ2n) is 9.39. The number of hydrogen-bond donors (Lipinski definition) is 4. The van der Waals surface area contributed by atoms with Crippen molar-refractivity contribution < 1.29 is 4.79 Å². The van der Waals surface area contributed by atoms with Gasteiger partial charge in [0.25, 0.3) is 5.91 Å². The molecule has 5 N–H and O–H groups in total. The summed E-state index contributed by atoms with van der Waals surface area (Å²) in [6.07, 6.45) is 4.70. The summed E-state index contributed by atoms with van der Waals surface area (Å²) in [5, 5.41) is 21.5. The molecule has 32 heavy (non-hydrogen) atoms. The molecule has 0 unspecified atom stereocenters. The number of anilines is 3. The summed E-state index contributed by atoms with van der Waals surface area (Å²) in [5.41, 5.74) is 7.26. The van der Waals surface area contributed by atoms with Crippen LogP contribution in [0.15, 0.2) is 36.8 Å². The normalized spacial score (nSPS) is 17.6. The van der Waals surface area contributed by atoms with E-state index < -0.39 is 5.91 Å². The molecule has 0 bridgehead atoms. The third-order valence-corrected chi connectivity index (χ3v) is 5.30. The molecule has 2 aromatic heterocycles. The van der Waals surface area contributed by atoms with E-state index in [-0.39, 0.29) is 22.7 Å². The van der Waals surface area contributed by atoms with Gasteiger partial charge in [-0.3, -0.25) is 4.79 Å². The molecule has 1 amide bonds. The highest BCUT2D eigenvalue weighted by Gasteiger charge is 2.38. The van der Waals surface area contributed by atoms with Gasteiger partial charge in [-0.1, -0.05) is 6.07 Å². The molecule has 0 radical (unpaired) electrons. The van der Waals surface area contributed by atoms with E-state index in [2.05, 4.69) is 69.1 Å². The predicted molar refractivity (Wildman–Crippen MR) is 121 cm³/mol. The molecule has 3 heterocycles. The Kier molecular flexibility index (Phi) is 5.51. The number of rotatable bonds is 6. The summed E-state index contributed by atoms with van der Waals surface area (Å²) in [4.78, 5) is 20.9. The quantitative estimate of drug-likeness (QED) is 0.455. The topological polar surface area (TPSA) is 149 Å². The number of nitrogens with one attached hydrogen (secondary N) is 3. The number of nitrogens with two attached hydrogens (primary N) is 1.